The monoisotopic (exact) mass is 248 g/mol. The fourth-order valence-corrected chi connectivity index (χ4v) is 1.34. The molecular weight excluding hydrogens is 232 g/mol. The van der Waals surface area contributed by atoms with E-state index in [1.807, 2.05) is 30.3 Å². The van der Waals surface area contributed by atoms with Crippen molar-refractivity contribution in [2.24, 2.45) is 0 Å². The zero-order valence-electron chi connectivity index (χ0n) is 10.3. The lowest BCUT2D eigenvalue weighted by Crippen LogP contribution is -2.18. The van der Waals surface area contributed by atoms with Crippen molar-refractivity contribution in [1.29, 1.82) is 5.26 Å². The number of hydrogen-bond donors (Lipinski definition) is 1. The summed E-state index contributed by atoms with van der Waals surface area (Å²) < 4.78 is 9.67. The third kappa shape index (κ3) is 5.32. The van der Waals surface area contributed by atoms with Crippen LogP contribution >= 0.6 is 0 Å². The summed E-state index contributed by atoms with van der Waals surface area (Å²) in [6.07, 6.45) is 0.361. The highest BCUT2D eigenvalue weighted by molar-refractivity contribution is 5.69. The van der Waals surface area contributed by atoms with Gasteiger partial charge in [0.2, 0.25) is 0 Å². The predicted molar refractivity (Wildman–Crippen MR) is 65.9 cm³/mol. The Morgan fingerprint density at radius 3 is 2.72 bits per heavy atom. The molecule has 5 nitrogen and oxygen atoms in total. The molecule has 0 aliphatic rings. The Hall–Kier alpha value is -2.06. The van der Waals surface area contributed by atoms with E-state index in [4.69, 9.17) is 10.00 Å². The first-order valence-electron chi connectivity index (χ1n) is 5.62. The standard InChI is InChI=1S/C13H16N2O3/c1-17-13(16)6-8-15-10-11-2-4-12(5-3-11)18-9-7-14/h2-5,15H,6,8-10H2,1H3. The first-order chi connectivity index (χ1) is 8.76. The van der Waals surface area contributed by atoms with Crippen molar-refractivity contribution in [3.8, 4) is 11.8 Å². The fraction of sp³-hybridized carbons (Fsp3) is 0.385. The minimum absolute atomic E-state index is 0.0523. The van der Waals surface area contributed by atoms with Crippen molar-refractivity contribution in [1.82, 2.24) is 5.32 Å². The van der Waals surface area contributed by atoms with Crippen LogP contribution in [-0.2, 0) is 16.1 Å². The van der Waals surface area contributed by atoms with E-state index < -0.39 is 0 Å². The highest BCUT2D eigenvalue weighted by Gasteiger charge is 1.99. The average molecular weight is 248 g/mol. The minimum Gasteiger partial charge on any atom is -0.479 e. The van der Waals surface area contributed by atoms with Gasteiger partial charge >= 0.3 is 5.97 Å². The zero-order valence-corrected chi connectivity index (χ0v) is 10.3. The highest BCUT2D eigenvalue weighted by atomic mass is 16.5. The summed E-state index contributed by atoms with van der Waals surface area (Å²) in [6.45, 7) is 1.31. The third-order valence-electron chi connectivity index (χ3n) is 2.29. The number of esters is 1. The van der Waals surface area contributed by atoms with E-state index >= 15 is 0 Å². The number of carbonyl (C=O) groups is 1. The maximum absolute atomic E-state index is 10.9. The predicted octanol–water partition coefficient (Wildman–Crippen LogP) is 1.24. The van der Waals surface area contributed by atoms with Crippen molar-refractivity contribution >= 4 is 5.97 Å². The molecule has 1 aromatic carbocycles. The molecule has 0 saturated heterocycles. The maximum atomic E-state index is 10.9. The van der Waals surface area contributed by atoms with Crippen LogP contribution in [0.25, 0.3) is 0 Å². The molecule has 1 N–H and O–H groups in total. The van der Waals surface area contributed by atoms with Gasteiger partial charge < -0.3 is 14.8 Å². The van der Waals surface area contributed by atoms with Gasteiger partial charge in [0.05, 0.1) is 13.5 Å². The molecule has 0 fully saturated rings. The summed E-state index contributed by atoms with van der Waals surface area (Å²) in [5.41, 5.74) is 1.09. The molecule has 0 aliphatic carbocycles. The second kappa shape index (κ2) is 8.09. The third-order valence-corrected chi connectivity index (χ3v) is 2.29. The molecule has 0 radical (unpaired) electrons. The number of carbonyl (C=O) groups excluding carboxylic acids is 1. The summed E-state index contributed by atoms with van der Waals surface area (Å²) in [6, 6.07) is 9.37. The van der Waals surface area contributed by atoms with Gasteiger partial charge in [-0.05, 0) is 17.7 Å². The Kier molecular flexibility index (Phi) is 6.30. The number of nitriles is 1. The summed E-state index contributed by atoms with van der Waals surface area (Å²) in [5.74, 6) is 0.456. The Morgan fingerprint density at radius 2 is 2.11 bits per heavy atom. The summed E-state index contributed by atoms with van der Waals surface area (Å²) in [7, 11) is 1.38. The number of ether oxygens (including phenoxy) is 2. The molecule has 0 amide bonds. The first kappa shape index (κ1) is 14.0. The van der Waals surface area contributed by atoms with Gasteiger partial charge in [0.1, 0.15) is 11.8 Å². The SMILES string of the molecule is COC(=O)CCNCc1ccc(OCC#N)cc1. The molecule has 0 heterocycles. The van der Waals surface area contributed by atoms with Crippen LogP contribution in [0, 0.1) is 11.3 Å². The van der Waals surface area contributed by atoms with Crippen LogP contribution in [0.1, 0.15) is 12.0 Å². The van der Waals surface area contributed by atoms with Crippen LogP contribution in [0.5, 0.6) is 5.75 Å². The van der Waals surface area contributed by atoms with E-state index in [-0.39, 0.29) is 12.6 Å². The number of benzene rings is 1. The van der Waals surface area contributed by atoms with Crippen LogP contribution in [0.2, 0.25) is 0 Å². The minimum atomic E-state index is -0.220. The Morgan fingerprint density at radius 1 is 1.39 bits per heavy atom. The zero-order chi connectivity index (χ0) is 13.2. The topological polar surface area (TPSA) is 71.3 Å². The Balaban J connectivity index is 2.27. The summed E-state index contributed by atoms with van der Waals surface area (Å²) in [5, 5.41) is 11.5. The van der Waals surface area contributed by atoms with Crippen molar-refractivity contribution < 1.29 is 14.3 Å². The van der Waals surface area contributed by atoms with E-state index in [1.165, 1.54) is 7.11 Å². The number of nitrogens with one attached hydrogen (secondary N) is 1. The van der Waals surface area contributed by atoms with E-state index in [2.05, 4.69) is 10.1 Å². The summed E-state index contributed by atoms with van der Waals surface area (Å²) in [4.78, 5) is 10.9. The van der Waals surface area contributed by atoms with Gasteiger partial charge in [0, 0.05) is 13.1 Å². The summed E-state index contributed by atoms with van der Waals surface area (Å²) >= 11 is 0. The average Bonchev–Trinajstić information content (AvgIpc) is 2.42. The van der Waals surface area contributed by atoms with Gasteiger partial charge in [-0.2, -0.15) is 5.26 Å². The van der Waals surface area contributed by atoms with Gasteiger partial charge in [-0.1, -0.05) is 12.1 Å². The van der Waals surface area contributed by atoms with Gasteiger partial charge in [-0.15, -0.1) is 0 Å². The normalized spacial score (nSPS) is 9.56. The molecule has 0 atom stereocenters. The van der Waals surface area contributed by atoms with Crippen LogP contribution in [0.3, 0.4) is 0 Å². The molecule has 0 unspecified atom stereocenters. The van der Waals surface area contributed by atoms with E-state index in [1.54, 1.807) is 0 Å². The van der Waals surface area contributed by atoms with Crippen molar-refractivity contribution in [3.63, 3.8) is 0 Å². The molecule has 0 spiro atoms. The molecule has 96 valence electrons. The molecular formula is C13H16N2O3. The Bertz CT molecular complexity index is 409. The Labute approximate surface area is 106 Å². The fourth-order valence-electron chi connectivity index (χ4n) is 1.34. The highest BCUT2D eigenvalue weighted by Crippen LogP contribution is 2.11. The number of methoxy groups -OCH3 is 1. The maximum Gasteiger partial charge on any atom is 0.306 e. The molecule has 5 heteroatoms. The van der Waals surface area contributed by atoms with Crippen LogP contribution in [0.4, 0.5) is 0 Å². The lowest BCUT2D eigenvalue weighted by atomic mass is 10.2. The van der Waals surface area contributed by atoms with Crippen molar-refractivity contribution in [3.05, 3.63) is 29.8 Å². The lowest BCUT2D eigenvalue weighted by molar-refractivity contribution is -0.140. The molecule has 0 aliphatic heterocycles. The number of nitrogens with zero attached hydrogens (tertiary/aromatic N) is 1. The van der Waals surface area contributed by atoms with Gasteiger partial charge in [0.25, 0.3) is 0 Å². The largest absolute Gasteiger partial charge is 0.479 e. The van der Waals surface area contributed by atoms with Crippen LogP contribution < -0.4 is 10.1 Å². The van der Waals surface area contributed by atoms with Gasteiger partial charge in [-0.25, -0.2) is 0 Å². The second-order valence-corrected chi connectivity index (χ2v) is 3.59. The molecule has 0 saturated carbocycles. The first-order valence-corrected chi connectivity index (χ1v) is 5.62. The molecule has 0 bridgehead atoms. The van der Waals surface area contributed by atoms with Crippen molar-refractivity contribution in [2.45, 2.75) is 13.0 Å². The smallest absolute Gasteiger partial charge is 0.306 e. The van der Waals surface area contributed by atoms with Crippen LogP contribution in [0.15, 0.2) is 24.3 Å². The van der Waals surface area contributed by atoms with Gasteiger partial charge in [0.15, 0.2) is 6.61 Å². The van der Waals surface area contributed by atoms with E-state index in [9.17, 15) is 4.79 Å². The van der Waals surface area contributed by atoms with E-state index in [0.717, 1.165) is 5.56 Å². The molecule has 1 aromatic rings. The van der Waals surface area contributed by atoms with Crippen LogP contribution in [-0.4, -0.2) is 26.2 Å². The van der Waals surface area contributed by atoms with Crippen molar-refractivity contribution in [2.75, 3.05) is 20.3 Å². The number of hydrogen-bond acceptors (Lipinski definition) is 5. The second-order valence-electron chi connectivity index (χ2n) is 3.59. The number of rotatable bonds is 7. The van der Waals surface area contributed by atoms with E-state index in [0.29, 0.717) is 25.3 Å². The molecule has 18 heavy (non-hydrogen) atoms. The van der Waals surface area contributed by atoms with Gasteiger partial charge in [-0.3, -0.25) is 4.79 Å². The quantitative estimate of drug-likeness (QED) is 0.580. The molecule has 1 rings (SSSR count). The lowest BCUT2D eigenvalue weighted by Gasteiger charge is -2.05. The molecule has 0 aromatic heterocycles.